The highest BCUT2D eigenvalue weighted by Gasteiger charge is 2.11. The molecule has 0 aliphatic rings. The summed E-state index contributed by atoms with van der Waals surface area (Å²) in [6.45, 7) is 7.44. The van der Waals surface area contributed by atoms with Gasteiger partial charge in [-0.2, -0.15) is 0 Å². The number of imidazole rings is 1. The molecule has 1 heterocycles. The molecular weight excluding hydrogens is 338 g/mol. The number of hydrogen-bond donors (Lipinski definition) is 2. The Morgan fingerprint density at radius 1 is 1.04 bits per heavy atom. The molecule has 2 N–H and O–H groups in total. The molecular formula is C21H27N5O. The van der Waals surface area contributed by atoms with Gasteiger partial charge in [0.25, 0.3) is 0 Å². The molecule has 0 spiro atoms. The van der Waals surface area contributed by atoms with Crippen LogP contribution in [-0.4, -0.2) is 40.1 Å². The quantitative estimate of drug-likeness (QED) is 0.662. The first-order valence-corrected chi connectivity index (χ1v) is 9.41. The molecule has 0 radical (unpaired) electrons. The van der Waals surface area contributed by atoms with E-state index in [1.807, 2.05) is 55.6 Å². The molecule has 0 aliphatic carbocycles. The molecule has 0 aliphatic heterocycles. The van der Waals surface area contributed by atoms with Gasteiger partial charge in [0, 0.05) is 31.4 Å². The zero-order valence-electron chi connectivity index (χ0n) is 16.2. The van der Waals surface area contributed by atoms with Crippen molar-refractivity contribution in [2.24, 2.45) is 7.05 Å². The lowest BCUT2D eigenvalue weighted by Crippen LogP contribution is -2.26. The van der Waals surface area contributed by atoms with Gasteiger partial charge in [0.2, 0.25) is 0 Å². The smallest absolute Gasteiger partial charge is 0.323 e. The van der Waals surface area contributed by atoms with E-state index in [0.29, 0.717) is 0 Å². The minimum Gasteiger partial charge on any atom is -0.331 e. The van der Waals surface area contributed by atoms with Gasteiger partial charge in [-0.15, -0.1) is 0 Å². The van der Waals surface area contributed by atoms with Gasteiger partial charge in [-0.3, -0.25) is 0 Å². The third-order valence-corrected chi connectivity index (χ3v) is 4.81. The highest BCUT2D eigenvalue weighted by atomic mass is 16.2. The average molecular weight is 365 g/mol. The second-order valence-electron chi connectivity index (χ2n) is 6.51. The maximum atomic E-state index is 12.2. The van der Waals surface area contributed by atoms with Crippen LogP contribution in [0.2, 0.25) is 0 Å². The largest absolute Gasteiger partial charge is 0.331 e. The molecule has 0 saturated carbocycles. The molecule has 0 saturated heterocycles. The topological polar surface area (TPSA) is 62.2 Å². The zero-order valence-corrected chi connectivity index (χ0v) is 16.2. The van der Waals surface area contributed by atoms with E-state index in [1.165, 1.54) is 0 Å². The number of anilines is 2. The first kappa shape index (κ1) is 18.9. The Kier molecular flexibility index (Phi) is 6.08. The fraction of sp³-hybridized carbons (Fsp3) is 0.333. The maximum Gasteiger partial charge on any atom is 0.323 e. The Bertz CT molecular complexity index is 900. The summed E-state index contributed by atoms with van der Waals surface area (Å²) < 4.78 is 2.13. The van der Waals surface area contributed by atoms with Crippen LogP contribution in [0, 0.1) is 0 Å². The van der Waals surface area contributed by atoms with Crippen molar-refractivity contribution in [2.75, 3.05) is 30.3 Å². The predicted octanol–water partition coefficient (Wildman–Crippen LogP) is 4.10. The van der Waals surface area contributed by atoms with E-state index in [0.717, 1.165) is 54.3 Å². The number of amides is 2. The third kappa shape index (κ3) is 4.65. The summed E-state index contributed by atoms with van der Waals surface area (Å²) in [4.78, 5) is 19.3. The van der Waals surface area contributed by atoms with Crippen LogP contribution in [0.5, 0.6) is 0 Å². The lowest BCUT2D eigenvalue weighted by molar-refractivity contribution is 0.262. The number of hydrogen-bond acceptors (Lipinski definition) is 3. The molecule has 6 heteroatoms. The number of carbonyl (C=O) groups excluding carboxylic acids is 1. The lowest BCUT2D eigenvalue weighted by Gasteiger charge is -2.17. The number of nitrogens with one attached hydrogen (secondary N) is 2. The lowest BCUT2D eigenvalue weighted by atomic mass is 10.2. The first-order chi connectivity index (χ1) is 13.1. The molecule has 2 aromatic carbocycles. The summed E-state index contributed by atoms with van der Waals surface area (Å²) in [5, 5.41) is 5.69. The van der Waals surface area contributed by atoms with Gasteiger partial charge in [0.1, 0.15) is 5.82 Å². The van der Waals surface area contributed by atoms with Crippen LogP contribution in [-0.2, 0) is 13.5 Å². The van der Waals surface area contributed by atoms with E-state index in [1.54, 1.807) is 0 Å². The van der Waals surface area contributed by atoms with Crippen LogP contribution in [0.15, 0.2) is 48.5 Å². The van der Waals surface area contributed by atoms with Gasteiger partial charge in [-0.05, 0) is 43.4 Å². The van der Waals surface area contributed by atoms with Crippen molar-refractivity contribution in [1.82, 2.24) is 14.5 Å². The third-order valence-electron chi connectivity index (χ3n) is 4.81. The monoisotopic (exact) mass is 365 g/mol. The molecule has 1 aromatic heterocycles. The van der Waals surface area contributed by atoms with Gasteiger partial charge in [-0.25, -0.2) is 9.78 Å². The molecule has 27 heavy (non-hydrogen) atoms. The van der Waals surface area contributed by atoms with E-state index < -0.39 is 0 Å². The number of para-hydroxylation sites is 1. The molecule has 0 fully saturated rings. The molecule has 3 rings (SSSR count). The van der Waals surface area contributed by atoms with Crippen LogP contribution in [0.1, 0.15) is 19.7 Å². The standard InChI is InChI=1S/C21H27N5O/c1-4-26(5-2)14-13-20-24-18-15-17(11-12-19(18)25(20)3)23-21(27)22-16-9-7-6-8-10-16/h6-12,15H,4-5,13-14H2,1-3H3,(H2,22,23,27). The average Bonchev–Trinajstić information content (AvgIpc) is 2.98. The summed E-state index contributed by atoms with van der Waals surface area (Å²) >= 11 is 0. The summed E-state index contributed by atoms with van der Waals surface area (Å²) in [7, 11) is 2.04. The number of fused-ring (bicyclic) bond motifs is 1. The van der Waals surface area contributed by atoms with Gasteiger partial charge in [0.15, 0.2) is 0 Å². The molecule has 142 valence electrons. The minimum atomic E-state index is -0.266. The Balaban J connectivity index is 1.70. The number of nitrogens with zero attached hydrogens (tertiary/aromatic N) is 3. The SMILES string of the molecule is CCN(CC)CCc1nc2cc(NC(=O)Nc3ccccc3)ccc2n1C. The molecule has 2 amide bonds. The van der Waals surface area contributed by atoms with Crippen molar-refractivity contribution >= 4 is 28.4 Å². The maximum absolute atomic E-state index is 12.2. The number of urea groups is 1. The predicted molar refractivity (Wildman–Crippen MR) is 111 cm³/mol. The van der Waals surface area contributed by atoms with E-state index in [-0.39, 0.29) is 6.03 Å². The Labute approximate surface area is 160 Å². The van der Waals surface area contributed by atoms with E-state index in [2.05, 4.69) is 33.9 Å². The van der Waals surface area contributed by atoms with Crippen LogP contribution < -0.4 is 10.6 Å². The van der Waals surface area contributed by atoms with Crippen LogP contribution in [0.25, 0.3) is 11.0 Å². The zero-order chi connectivity index (χ0) is 19.2. The second kappa shape index (κ2) is 8.68. The first-order valence-electron chi connectivity index (χ1n) is 9.41. The van der Waals surface area contributed by atoms with Gasteiger partial charge in [-0.1, -0.05) is 32.0 Å². The number of benzene rings is 2. The normalized spacial score (nSPS) is 11.1. The van der Waals surface area contributed by atoms with Gasteiger partial charge in [0.05, 0.1) is 11.0 Å². The molecule has 3 aromatic rings. The number of aryl methyl sites for hydroxylation is 1. The summed E-state index contributed by atoms with van der Waals surface area (Å²) in [6, 6.07) is 14.9. The number of rotatable bonds is 7. The fourth-order valence-corrected chi connectivity index (χ4v) is 3.16. The van der Waals surface area contributed by atoms with Crippen molar-refractivity contribution in [1.29, 1.82) is 0 Å². The Morgan fingerprint density at radius 2 is 1.74 bits per heavy atom. The fourth-order valence-electron chi connectivity index (χ4n) is 3.16. The van der Waals surface area contributed by atoms with Crippen LogP contribution >= 0.6 is 0 Å². The highest BCUT2D eigenvalue weighted by Crippen LogP contribution is 2.20. The number of likely N-dealkylation sites (N-methyl/N-ethyl adjacent to an activating group) is 1. The number of carbonyl (C=O) groups is 1. The Morgan fingerprint density at radius 3 is 2.44 bits per heavy atom. The van der Waals surface area contributed by atoms with E-state index in [9.17, 15) is 4.79 Å². The second-order valence-corrected chi connectivity index (χ2v) is 6.51. The van der Waals surface area contributed by atoms with Crippen molar-refractivity contribution in [3.05, 3.63) is 54.4 Å². The summed E-state index contributed by atoms with van der Waals surface area (Å²) in [5.74, 6) is 1.06. The molecule has 0 unspecified atom stereocenters. The molecule has 6 nitrogen and oxygen atoms in total. The molecule has 0 atom stereocenters. The van der Waals surface area contributed by atoms with Crippen LogP contribution in [0.3, 0.4) is 0 Å². The molecule has 0 bridgehead atoms. The van der Waals surface area contributed by atoms with Gasteiger partial charge < -0.3 is 20.1 Å². The minimum absolute atomic E-state index is 0.266. The van der Waals surface area contributed by atoms with E-state index in [4.69, 9.17) is 4.98 Å². The van der Waals surface area contributed by atoms with Gasteiger partial charge >= 0.3 is 6.03 Å². The summed E-state index contributed by atoms with van der Waals surface area (Å²) in [5.41, 5.74) is 3.44. The number of aromatic nitrogens is 2. The van der Waals surface area contributed by atoms with Crippen molar-refractivity contribution in [3.63, 3.8) is 0 Å². The summed E-state index contributed by atoms with van der Waals surface area (Å²) in [6.07, 6.45) is 0.907. The highest BCUT2D eigenvalue weighted by molar-refractivity contribution is 6.00. The van der Waals surface area contributed by atoms with Crippen molar-refractivity contribution in [2.45, 2.75) is 20.3 Å². The van der Waals surface area contributed by atoms with Crippen molar-refractivity contribution in [3.8, 4) is 0 Å². The van der Waals surface area contributed by atoms with Crippen molar-refractivity contribution < 1.29 is 4.79 Å². The van der Waals surface area contributed by atoms with Crippen LogP contribution in [0.4, 0.5) is 16.2 Å². The Hall–Kier alpha value is -2.86. The van der Waals surface area contributed by atoms with E-state index >= 15 is 0 Å².